The summed E-state index contributed by atoms with van der Waals surface area (Å²) in [4.78, 5) is 13.9. The molecule has 1 amide bonds. The third-order valence-electron chi connectivity index (χ3n) is 3.40. The van der Waals surface area contributed by atoms with Crippen LogP contribution in [0.4, 0.5) is 0 Å². The third-order valence-corrected chi connectivity index (χ3v) is 3.40. The Morgan fingerprint density at radius 2 is 2.04 bits per heavy atom. The zero-order valence-corrected chi connectivity index (χ0v) is 13.1. The van der Waals surface area contributed by atoms with Crippen molar-refractivity contribution in [3.05, 3.63) is 59.7 Å². The van der Waals surface area contributed by atoms with Gasteiger partial charge in [-0.2, -0.15) is 5.26 Å². The Balaban J connectivity index is 2.01. The summed E-state index contributed by atoms with van der Waals surface area (Å²) in [6.07, 6.45) is -0.695. The molecule has 118 valence electrons. The standard InChI is InChI=1S/C18H18N2O3/c1-13(23-16-8-5-6-14(10-16)11-19)18(22)20(2)12-15-7-3-4-9-17(15)21/h3-10,13,21H,12H2,1-2H3. The minimum absolute atomic E-state index is 0.155. The Morgan fingerprint density at radius 1 is 1.30 bits per heavy atom. The number of phenols is 1. The molecule has 5 heteroatoms. The molecule has 2 aromatic carbocycles. The number of carbonyl (C=O) groups excluding carboxylic acids is 1. The zero-order valence-electron chi connectivity index (χ0n) is 13.1. The molecule has 23 heavy (non-hydrogen) atoms. The molecule has 1 atom stereocenters. The summed E-state index contributed by atoms with van der Waals surface area (Å²) in [5.41, 5.74) is 1.15. The van der Waals surface area contributed by atoms with Crippen molar-refractivity contribution in [3.63, 3.8) is 0 Å². The van der Waals surface area contributed by atoms with Crippen LogP contribution >= 0.6 is 0 Å². The summed E-state index contributed by atoms with van der Waals surface area (Å²) >= 11 is 0. The molecule has 0 aliphatic heterocycles. The molecule has 2 aromatic rings. The molecule has 0 fully saturated rings. The monoisotopic (exact) mass is 310 g/mol. The largest absolute Gasteiger partial charge is 0.508 e. The lowest BCUT2D eigenvalue weighted by molar-refractivity contribution is -0.137. The first-order valence-corrected chi connectivity index (χ1v) is 7.20. The van der Waals surface area contributed by atoms with Crippen LogP contribution in [0.3, 0.4) is 0 Å². The Morgan fingerprint density at radius 3 is 2.74 bits per heavy atom. The van der Waals surface area contributed by atoms with E-state index < -0.39 is 6.10 Å². The Kier molecular flexibility index (Phi) is 5.21. The Bertz CT molecular complexity index is 737. The lowest BCUT2D eigenvalue weighted by Gasteiger charge is -2.22. The van der Waals surface area contributed by atoms with E-state index in [0.717, 1.165) is 0 Å². The van der Waals surface area contributed by atoms with Crippen molar-refractivity contribution in [2.75, 3.05) is 7.05 Å². The summed E-state index contributed by atoms with van der Waals surface area (Å²) in [6, 6.07) is 15.6. The molecule has 2 rings (SSSR count). The first kappa shape index (κ1) is 16.4. The first-order valence-electron chi connectivity index (χ1n) is 7.20. The quantitative estimate of drug-likeness (QED) is 0.921. The van der Waals surface area contributed by atoms with Crippen molar-refractivity contribution >= 4 is 5.91 Å². The molecule has 0 saturated heterocycles. The van der Waals surface area contributed by atoms with E-state index in [1.54, 1.807) is 62.5 Å². The maximum absolute atomic E-state index is 12.4. The van der Waals surface area contributed by atoms with Crippen molar-refractivity contribution in [1.29, 1.82) is 5.26 Å². The minimum Gasteiger partial charge on any atom is -0.508 e. The molecular formula is C18H18N2O3. The van der Waals surface area contributed by atoms with Gasteiger partial charge in [0.15, 0.2) is 6.10 Å². The summed E-state index contributed by atoms with van der Waals surface area (Å²) in [5.74, 6) is 0.416. The number of rotatable bonds is 5. The fourth-order valence-corrected chi connectivity index (χ4v) is 2.18. The van der Waals surface area contributed by atoms with Crippen LogP contribution in [0.2, 0.25) is 0 Å². The Hall–Kier alpha value is -3.00. The molecule has 0 spiro atoms. The Labute approximate surface area is 135 Å². The number of carbonyl (C=O) groups is 1. The van der Waals surface area contributed by atoms with Gasteiger partial charge in [-0.15, -0.1) is 0 Å². The van der Waals surface area contributed by atoms with Crippen LogP contribution in [0, 0.1) is 11.3 Å². The average Bonchev–Trinajstić information content (AvgIpc) is 2.56. The number of para-hydroxylation sites is 1. The maximum atomic E-state index is 12.4. The number of nitriles is 1. The van der Waals surface area contributed by atoms with Gasteiger partial charge in [-0.05, 0) is 31.2 Å². The predicted octanol–water partition coefficient (Wildman–Crippen LogP) is 2.69. The fraction of sp³-hybridized carbons (Fsp3) is 0.222. The summed E-state index contributed by atoms with van der Waals surface area (Å²) < 4.78 is 5.60. The van der Waals surface area contributed by atoms with E-state index in [2.05, 4.69) is 0 Å². The number of amides is 1. The van der Waals surface area contributed by atoms with E-state index >= 15 is 0 Å². The summed E-state index contributed by atoms with van der Waals surface area (Å²) in [7, 11) is 1.65. The van der Waals surface area contributed by atoms with Gasteiger partial charge in [0.25, 0.3) is 5.91 Å². The fourth-order valence-electron chi connectivity index (χ4n) is 2.18. The highest BCUT2D eigenvalue weighted by Gasteiger charge is 2.20. The van der Waals surface area contributed by atoms with E-state index in [9.17, 15) is 9.90 Å². The number of hydrogen-bond acceptors (Lipinski definition) is 4. The van der Waals surface area contributed by atoms with Gasteiger partial charge in [0.1, 0.15) is 11.5 Å². The van der Waals surface area contributed by atoms with Crippen molar-refractivity contribution in [2.45, 2.75) is 19.6 Å². The van der Waals surface area contributed by atoms with Crippen LogP contribution < -0.4 is 4.74 Å². The van der Waals surface area contributed by atoms with Gasteiger partial charge in [-0.25, -0.2) is 0 Å². The van der Waals surface area contributed by atoms with Gasteiger partial charge < -0.3 is 14.7 Å². The van der Waals surface area contributed by atoms with Crippen LogP contribution in [0.5, 0.6) is 11.5 Å². The van der Waals surface area contributed by atoms with Crippen LogP contribution in [0.15, 0.2) is 48.5 Å². The molecule has 0 heterocycles. The number of aromatic hydroxyl groups is 1. The molecule has 0 aliphatic carbocycles. The van der Waals surface area contributed by atoms with Crippen molar-refractivity contribution in [3.8, 4) is 17.6 Å². The SMILES string of the molecule is CC(Oc1cccc(C#N)c1)C(=O)N(C)Cc1ccccc1O. The summed E-state index contributed by atoms with van der Waals surface area (Å²) in [6.45, 7) is 1.94. The smallest absolute Gasteiger partial charge is 0.263 e. The van der Waals surface area contributed by atoms with Crippen molar-refractivity contribution < 1.29 is 14.6 Å². The molecule has 0 aliphatic rings. The van der Waals surface area contributed by atoms with Crippen molar-refractivity contribution in [2.24, 2.45) is 0 Å². The lowest BCUT2D eigenvalue weighted by atomic mass is 10.2. The highest BCUT2D eigenvalue weighted by molar-refractivity contribution is 5.80. The number of likely N-dealkylation sites (N-methyl/N-ethyl adjacent to an activating group) is 1. The number of hydrogen-bond donors (Lipinski definition) is 1. The van der Waals surface area contributed by atoms with Gasteiger partial charge in [-0.1, -0.05) is 24.3 Å². The van der Waals surface area contributed by atoms with Gasteiger partial charge in [0.05, 0.1) is 11.6 Å². The number of benzene rings is 2. The van der Waals surface area contributed by atoms with Crippen LogP contribution in [-0.4, -0.2) is 29.1 Å². The van der Waals surface area contributed by atoms with E-state index in [1.165, 1.54) is 4.90 Å². The van der Waals surface area contributed by atoms with Crippen LogP contribution in [0.1, 0.15) is 18.1 Å². The van der Waals surface area contributed by atoms with Gasteiger partial charge in [0.2, 0.25) is 0 Å². The molecule has 0 bridgehead atoms. The van der Waals surface area contributed by atoms with Crippen LogP contribution in [0.25, 0.3) is 0 Å². The number of ether oxygens (including phenoxy) is 1. The molecular weight excluding hydrogens is 292 g/mol. The third kappa shape index (κ3) is 4.24. The molecule has 0 radical (unpaired) electrons. The van der Waals surface area contributed by atoms with E-state index in [0.29, 0.717) is 16.9 Å². The van der Waals surface area contributed by atoms with Gasteiger partial charge in [0, 0.05) is 19.2 Å². The lowest BCUT2D eigenvalue weighted by Crippen LogP contribution is -2.37. The average molecular weight is 310 g/mol. The minimum atomic E-state index is -0.695. The van der Waals surface area contributed by atoms with Gasteiger partial charge in [-0.3, -0.25) is 4.79 Å². The van der Waals surface area contributed by atoms with Gasteiger partial charge >= 0.3 is 0 Å². The van der Waals surface area contributed by atoms with E-state index in [1.807, 2.05) is 6.07 Å². The maximum Gasteiger partial charge on any atom is 0.263 e. The second-order valence-corrected chi connectivity index (χ2v) is 5.22. The van der Waals surface area contributed by atoms with E-state index in [-0.39, 0.29) is 18.2 Å². The summed E-state index contributed by atoms with van der Waals surface area (Å²) in [5, 5.41) is 18.7. The predicted molar refractivity (Wildman–Crippen MR) is 85.8 cm³/mol. The molecule has 0 saturated carbocycles. The molecule has 1 unspecified atom stereocenters. The molecule has 0 aromatic heterocycles. The number of phenolic OH excluding ortho intramolecular Hbond substituents is 1. The molecule has 5 nitrogen and oxygen atoms in total. The van der Waals surface area contributed by atoms with Crippen molar-refractivity contribution in [1.82, 2.24) is 4.90 Å². The number of nitrogens with zero attached hydrogens (tertiary/aromatic N) is 2. The highest BCUT2D eigenvalue weighted by atomic mass is 16.5. The van der Waals surface area contributed by atoms with Crippen LogP contribution in [-0.2, 0) is 11.3 Å². The topological polar surface area (TPSA) is 73.6 Å². The first-order chi connectivity index (χ1) is 11.0. The normalized spacial score (nSPS) is 11.3. The molecule has 1 N–H and O–H groups in total. The highest BCUT2D eigenvalue weighted by Crippen LogP contribution is 2.19. The zero-order chi connectivity index (χ0) is 16.8. The second kappa shape index (κ2) is 7.32. The second-order valence-electron chi connectivity index (χ2n) is 5.22. The van der Waals surface area contributed by atoms with E-state index in [4.69, 9.17) is 10.00 Å².